The Labute approximate surface area is 170 Å². The fourth-order valence-electron chi connectivity index (χ4n) is 3.69. The topological polar surface area (TPSA) is 80.3 Å². The van der Waals surface area contributed by atoms with E-state index < -0.39 is 0 Å². The van der Waals surface area contributed by atoms with Crippen molar-refractivity contribution < 1.29 is 9.21 Å². The summed E-state index contributed by atoms with van der Waals surface area (Å²) in [6.45, 7) is 10.5. The van der Waals surface area contributed by atoms with Crippen LogP contribution in [-0.2, 0) is 0 Å². The molecular formula is C21H26N6O2. The van der Waals surface area contributed by atoms with E-state index in [1.54, 1.807) is 29.4 Å². The number of likely N-dealkylation sites (N-methyl/N-ethyl adjacent to an activating group) is 1. The van der Waals surface area contributed by atoms with Crippen molar-refractivity contribution in [2.24, 2.45) is 0 Å². The third-order valence-electron chi connectivity index (χ3n) is 5.30. The molecule has 4 rings (SSSR count). The normalized spacial score (nSPS) is 15.2. The van der Waals surface area contributed by atoms with Crippen LogP contribution in [0.3, 0.4) is 0 Å². The molecule has 3 aromatic rings. The largest absolute Gasteiger partial charge is 0.463 e. The average molecular weight is 394 g/mol. The molecule has 0 aromatic carbocycles. The Morgan fingerprint density at radius 2 is 2.00 bits per heavy atom. The van der Waals surface area contributed by atoms with E-state index in [-0.39, 0.29) is 11.8 Å². The van der Waals surface area contributed by atoms with Crippen LogP contribution in [0, 0.1) is 0 Å². The predicted molar refractivity (Wildman–Crippen MR) is 109 cm³/mol. The number of amides is 1. The number of hydrogen-bond acceptors (Lipinski definition) is 6. The highest BCUT2D eigenvalue weighted by molar-refractivity contribution is 5.95. The second-order valence-electron chi connectivity index (χ2n) is 7.46. The third-order valence-corrected chi connectivity index (χ3v) is 5.30. The van der Waals surface area contributed by atoms with E-state index in [1.807, 2.05) is 17.0 Å². The van der Waals surface area contributed by atoms with Crippen molar-refractivity contribution in [2.45, 2.75) is 26.7 Å². The van der Waals surface area contributed by atoms with Crippen molar-refractivity contribution in [3.05, 3.63) is 48.1 Å². The Morgan fingerprint density at radius 3 is 2.66 bits per heavy atom. The van der Waals surface area contributed by atoms with Gasteiger partial charge in [0, 0.05) is 32.4 Å². The van der Waals surface area contributed by atoms with E-state index in [0.29, 0.717) is 23.0 Å². The summed E-state index contributed by atoms with van der Waals surface area (Å²) in [7, 11) is 0. The van der Waals surface area contributed by atoms with Gasteiger partial charge in [-0.3, -0.25) is 4.79 Å². The first-order valence-corrected chi connectivity index (χ1v) is 10.0. The van der Waals surface area contributed by atoms with Gasteiger partial charge < -0.3 is 14.2 Å². The molecule has 8 nitrogen and oxygen atoms in total. The minimum atomic E-state index is 0.0258. The molecule has 3 aromatic heterocycles. The van der Waals surface area contributed by atoms with Gasteiger partial charge in [-0.15, -0.1) is 0 Å². The standard InChI is InChI=1S/C21H26N6O2/c1-4-25-9-11-26(12-10-25)20(28)16-14-23-27(19(16)15(2)3)21-22-8-7-17(24-21)18-6-5-13-29-18/h5-8,13-15H,4,9-12H2,1-3H3. The lowest BCUT2D eigenvalue weighted by Crippen LogP contribution is -2.48. The Morgan fingerprint density at radius 1 is 1.21 bits per heavy atom. The predicted octanol–water partition coefficient (Wildman–Crippen LogP) is 2.82. The van der Waals surface area contributed by atoms with E-state index in [9.17, 15) is 4.79 Å². The molecule has 1 saturated heterocycles. The molecule has 4 heterocycles. The maximum absolute atomic E-state index is 13.2. The molecular weight excluding hydrogens is 368 g/mol. The summed E-state index contributed by atoms with van der Waals surface area (Å²) in [6.07, 6.45) is 4.93. The molecule has 29 heavy (non-hydrogen) atoms. The lowest BCUT2D eigenvalue weighted by atomic mass is 10.0. The van der Waals surface area contributed by atoms with Crippen LogP contribution < -0.4 is 0 Å². The second kappa shape index (κ2) is 8.16. The summed E-state index contributed by atoms with van der Waals surface area (Å²) in [6, 6.07) is 5.46. The molecule has 0 radical (unpaired) electrons. The maximum atomic E-state index is 13.2. The molecule has 1 fully saturated rings. The monoisotopic (exact) mass is 394 g/mol. The molecule has 0 atom stereocenters. The third kappa shape index (κ3) is 3.80. The summed E-state index contributed by atoms with van der Waals surface area (Å²) < 4.78 is 7.12. The SMILES string of the molecule is CCN1CCN(C(=O)c2cnn(-c3nccc(-c4ccco4)n3)c2C(C)C)CC1. The minimum Gasteiger partial charge on any atom is -0.463 e. The molecule has 0 aliphatic carbocycles. The van der Waals surface area contributed by atoms with Gasteiger partial charge in [-0.2, -0.15) is 5.10 Å². The summed E-state index contributed by atoms with van der Waals surface area (Å²) in [5.74, 6) is 1.21. The van der Waals surface area contributed by atoms with Crippen LogP contribution in [0.15, 0.2) is 41.3 Å². The summed E-state index contributed by atoms with van der Waals surface area (Å²) in [5, 5.41) is 4.48. The highest BCUT2D eigenvalue weighted by Gasteiger charge is 2.27. The first kappa shape index (κ1) is 19.3. The Bertz CT molecular complexity index is 971. The fourth-order valence-corrected chi connectivity index (χ4v) is 3.69. The van der Waals surface area contributed by atoms with Gasteiger partial charge in [0.1, 0.15) is 5.69 Å². The number of furan rings is 1. The molecule has 0 N–H and O–H groups in total. The van der Waals surface area contributed by atoms with Gasteiger partial charge in [0.15, 0.2) is 5.76 Å². The lowest BCUT2D eigenvalue weighted by Gasteiger charge is -2.34. The summed E-state index contributed by atoms with van der Waals surface area (Å²) >= 11 is 0. The smallest absolute Gasteiger partial charge is 0.257 e. The number of aromatic nitrogens is 4. The van der Waals surface area contributed by atoms with Crippen LogP contribution in [0.2, 0.25) is 0 Å². The molecule has 0 spiro atoms. The van der Waals surface area contributed by atoms with Gasteiger partial charge >= 0.3 is 0 Å². The number of hydrogen-bond donors (Lipinski definition) is 0. The number of carbonyl (C=O) groups excluding carboxylic acids is 1. The van der Waals surface area contributed by atoms with Crippen LogP contribution in [0.5, 0.6) is 0 Å². The molecule has 8 heteroatoms. The van der Waals surface area contributed by atoms with E-state index >= 15 is 0 Å². The van der Waals surface area contributed by atoms with Crippen LogP contribution in [0.25, 0.3) is 17.4 Å². The highest BCUT2D eigenvalue weighted by Crippen LogP contribution is 2.25. The van der Waals surface area contributed by atoms with E-state index in [1.165, 1.54) is 0 Å². The Kier molecular flexibility index (Phi) is 5.44. The molecule has 1 aliphatic heterocycles. The zero-order valence-corrected chi connectivity index (χ0v) is 17.1. The lowest BCUT2D eigenvalue weighted by molar-refractivity contribution is 0.0642. The van der Waals surface area contributed by atoms with Gasteiger partial charge in [-0.05, 0) is 30.7 Å². The average Bonchev–Trinajstić information content (AvgIpc) is 3.43. The second-order valence-corrected chi connectivity index (χ2v) is 7.46. The summed E-state index contributed by atoms with van der Waals surface area (Å²) in [5.41, 5.74) is 2.12. The molecule has 0 bridgehead atoms. The first-order valence-electron chi connectivity index (χ1n) is 10.0. The van der Waals surface area contributed by atoms with Crippen LogP contribution in [-0.4, -0.2) is 68.2 Å². The van der Waals surface area contributed by atoms with Crippen molar-refractivity contribution in [2.75, 3.05) is 32.7 Å². The van der Waals surface area contributed by atoms with E-state index in [4.69, 9.17) is 4.42 Å². The van der Waals surface area contributed by atoms with Crippen LogP contribution in [0.1, 0.15) is 42.7 Å². The fraction of sp³-hybridized carbons (Fsp3) is 0.429. The Hall–Kier alpha value is -3.00. The van der Waals surface area contributed by atoms with Crippen LogP contribution in [0.4, 0.5) is 0 Å². The molecule has 1 aliphatic rings. The van der Waals surface area contributed by atoms with Crippen molar-refractivity contribution in [1.82, 2.24) is 29.5 Å². The summed E-state index contributed by atoms with van der Waals surface area (Å²) in [4.78, 5) is 26.5. The van der Waals surface area contributed by atoms with Crippen molar-refractivity contribution in [3.63, 3.8) is 0 Å². The van der Waals surface area contributed by atoms with Crippen molar-refractivity contribution in [3.8, 4) is 17.4 Å². The van der Waals surface area contributed by atoms with Gasteiger partial charge in [0.05, 0.1) is 23.7 Å². The van der Waals surface area contributed by atoms with Crippen molar-refractivity contribution >= 4 is 5.91 Å². The number of piperazine rings is 1. The molecule has 1 amide bonds. The van der Waals surface area contributed by atoms with E-state index in [2.05, 4.69) is 40.7 Å². The number of nitrogens with zero attached hydrogens (tertiary/aromatic N) is 6. The zero-order valence-electron chi connectivity index (χ0n) is 17.1. The quantitative estimate of drug-likeness (QED) is 0.662. The minimum absolute atomic E-state index is 0.0258. The highest BCUT2D eigenvalue weighted by atomic mass is 16.3. The molecule has 152 valence electrons. The van der Waals surface area contributed by atoms with E-state index in [0.717, 1.165) is 38.4 Å². The molecule has 0 saturated carbocycles. The van der Waals surface area contributed by atoms with Crippen LogP contribution >= 0.6 is 0 Å². The van der Waals surface area contributed by atoms with Gasteiger partial charge in [0.2, 0.25) is 0 Å². The zero-order chi connectivity index (χ0) is 20.4. The number of carbonyl (C=O) groups is 1. The van der Waals surface area contributed by atoms with Crippen molar-refractivity contribution in [1.29, 1.82) is 0 Å². The maximum Gasteiger partial charge on any atom is 0.257 e. The van der Waals surface area contributed by atoms with Gasteiger partial charge in [-0.1, -0.05) is 20.8 Å². The van der Waals surface area contributed by atoms with Gasteiger partial charge in [0.25, 0.3) is 11.9 Å². The first-order chi connectivity index (χ1) is 14.1. The Balaban J connectivity index is 1.66. The number of rotatable bonds is 5. The molecule has 0 unspecified atom stereocenters. The van der Waals surface area contributed by atoms with Gasteiger partial charge in [-0.25, -0.2) is 14.6 Å².